The molecule has 0 bridgehead atoms. The lowest BCUT2D eigenvalue weighted by Gasteiger charge is -2.18. The molecule has 0 radical (unpaired) electrons. The minimum absolute atomic E-state index is 0.0711. The quantitative estimate of drug-likeness (QED) is 0.566. The van der Waals surface area contributed by atoms with E-state index in [1.165, 1.54) is 22.2 Å². The number of carbonyl (C=O) groups excluding carboxylic acids is 2. The number of fused-ring (bicyclic) bond motifs is 1. The maximum absolute atomic E-state index is 13.0. The van der Waals surface area contributed by atoms with E-state index in [9.17, 15) is 14.4 Å². The molecule has 0 saturated carbocycles. The maximum Gasteiger partial charge on any atom is 0.266 e. The highest BCUT2D eigenvalue weighted by molar-refractivity contribution is 9.10. The van der Waals surface area contributed by atoms with Crippen LogP contribution >= 0.6 is 27.3 Å². The lowest BCUT2D eigenvalue weighted by atomic mass is 10.2. The van der Waals surface area contributed by atoms with Gasteiger partial charge in [0.15, 0.2) is 0 Å². The fraction of sp³-hybridized carbons (Fsp3) is 0.333. The number of likely N-dealkylation sites (N-methyl/N-ethyl adjacent to an activating group) is 1. The summed E-state index contributed by atoms with van der Waals surface area (Å²) in [6.07, 6.45) is 1.38. The van der Waals surface area contributed by atoms with Crippen LogP contribution < -0.4 is 10.9 Å². The Hall–Kier alpha value is -2.52. The second-order valence-corrected chi connectivity index (χ2v) is 8.81. The van der Waals surface area contributed by atoms with Gasteiger partial charge in [0.05, 0.1) is 16.6 Å². The van der Waals surface area contributed by atoms with Crippen LogP contribution in [0.3, 0.4) is 0 Å². The Labute approximate surface area is 186 Å². The first-order valence-electron chi connectivity index (χ1n) is 9.60. The van der Waals surface area contributed by atoms with Gasteiger partial charge in [-0.3, -0.25) is 19.0 Å². The number of hydrogen-bond donors (Lipinski definition) is 1. The van der Waals surface area contributed by atoms with E-state index < -0.39 is 0 Å². The minimum atomic E-state index is -0.312. The van der Waals surface area contributed by atoms with E-state index in [2.05, 4.69) is 26.2 Å². The van der Waals surface area contributed by atoms with Crippen LogP contribution in [0.5, 0.6) is 0 Å². The number of hydrogen-bond acceptors (Lipinski definition) is 5. The summed E-state index contributed by atoms with van der Waals surface area (Å²) in [5, 5.41) is 3.29. The van der Waals surface area contributed by atoms with E-state index >= 15 is 0 Å². The highest BCUT2D eigenvalue weighted by Crippen LogP contribution is 2.28. The lowest BCUT2D eigenvalue weighted by Crippen LogP contribution is -2.36. The van der Waals surface area contributed by atoms with Crippen molar-refractivity contribution in [3.63, 3.8) is 0 Å². The van der Waals surface area contributed by atoms with Crippen LogP contribution in [0.1, 0.15) is 34.6 Å². The molecule has 0 aliphatic rings. The summed E-state index contributed by atoms with van der Waals surface area (Å²) in [4.78, 5) is 45.2. The lowest BCUT2D eigenvalue weighted by molar-refractivity contribution is -0.131. The largest absolute Gasteiger partial charge is 0.342 e. The van der Waals surface area contributed by atoms with Crippen molar-refractivity contribution in [3.05, 3.63) is 55.4 Å². The summed E-state index contributed by atoms with van der Waals surface area (Å²) < 4.78 is 2.24. The zero-order chi connectivity index (χ0) is 22.0. The normalized spacial score (nSPS) is 11.0. The molecule has 0 aliphatic heterocycles. The SMILES string of the molecule is CCN(CC)C(=O)Cn1cnc2sc(C(=O)Nc3ccc(Br)cc3C)c(C)c2c1=O. The molecule has 0 unspecified atom stereocenters. The summed E-state index contributed by atoms with van der Waals surface area (Å²) in [7, 11) is 0. The number of benzene rings is 1. The monoisotopic (exact) mass is 490 g/mol. The number of halogens is 1. The van der Waals surface area contributed by atoms with Gasteiger partial charge in [-0.05, 0) is 57.0 Å². The number of thiophene rings is 1. The molecule has 158 valence electrons. The molecule has 3 aromatic rings. The summed E-state index contributed by atoms with van der Waals surface area (Å²) in [6, 6.07) is 5.60. The van der Waals surface area contributed by atoms with Gasteiger partial charge >= 0.3 is 0 Å². The molecular formula is C21H23BrN4O3S. The zero-order valence-electron chi connectivity index (χ0n) is 17.3. The fourth-order valence-electron chi connectivity index (χ4n) is 3.26. The average molecular weight is 491 g/mol. The van der Waals surface area contributed by atoms with Gasteiger partial charge in [0, 0.05) is 23.2 Å². The summed E-state index contributed by atoms with van der Waals surface area (Å²) in [5.74, 6) is -0.425. The van der Waals surface area contributed by atoms with Crippen molar-refractivity contribution in [2.24, 2.45) is 0 Å². The Morgan fingerprint density at radius 3 is 2.57 bits per heavy atom. The van der Waals surface area contributed by atoms with E-state index in [0.29, 0.717) is 39.4 Å². The van der Waals surface area contributed by atoms with Gasteiger partial charge in [0.1, 0.15) is 11.4 Å². The molecule has 9 heteroatoms. The van der Waals surface area contributed by atoms with Crippen molar-refractivity contribution in [2.75, 3.05) is 18.4 Å². The molecular weight excluding hydrogens is 468 g/mol. The fourth-order valence-corrected chi connectivity index (χ4v) is 4.77. The Morgan fingerprint density at radius 2 is 1.93 bits per heavy atom. The molecule has 1 N–H and O–H groups in total. The van der Waals surface area contributed by atoms with Gasteiger partial charge in [0.2, 0.25) is 5.91 Å². The van der Waals surface area contributed by atoms with Crippen molar-refractivity contribution in [3.8, 4) is 0 Å². The summed E-state index contributed by atoms with van der Waals surface area (Å²) in [6.45, 7) is 8.53. The molecule has 2 amide bonds. The number of amides is 2. The van der Waals surface area contributed by atoms with Crippen LogP contribution in [0.4, 0.5) is 5.69 Å². The zero-order valence-corrected chi connectivity index (χ0v) is 19.7. The van der Waals surface area contributed by atoms with Crippen molar-refractivity contribution in [2.45, 2.75) is 34.2 Å². The predicted octanol–water partition coefficient (Wildman–Crippen LogP) is 3.96. The Bertz CT molecular complexity index is 1180. The molecule has 0 atom stereocenters. The van der Waals surface area contributed by atoms with E-state index in [4.69, 9.17) is 0 Å². The first-order valence-corrected chi connectivity index (χ1v) is 11.2. The Kier molecular flexibility index (Phi) is 6.72. The van der Waals surface area contributed by atoms with Crippen LogP contribution in [-0.2, 0) is 11.3 Å². The van der Waals surface area contributed by atoms with Gasteiger partial charge < -0.3 is 10.2 Å². The second-order valence-electron chi connectivity index (χ2n) is 6.89. The molecule has 0 aliphatic carbocycles. The van der Waals surface area contributed by atoms with Gasteiger partial charge in [-0.25, -0.2) is 4.98 Å². The first-order chi connectivity index (χ1) is 14.3. The number of nitrogens with zero attached hydrogens (tertiary/aromatic N) is 3. The van der Waals surface area contributed by atoms with Crippen LogP contribution in [0.25, 0.3) is 10.2 Å². The van der Waals surface area contributed by atoms with Gasteiger partial charge in [0.25, 0.3) is 11.5 Å². The first kappa shape index (κ1) is 22.2. The van der Waals surface area contributed by atoms with Crippen LogP contribution in [-0.4, -0.2) is 39.4 Å². The summed E-state index contributed by atoms with van der Waals surface area (Å²) in [5.41, 5.74) is 1.89. The van der Waals surface area contributed by atoms with E-state index in [0.717, 1.165) is 10.0 Å². The van der Waals surface area contributed by atoms with Crippen molar-refractivity contribution >= 4 is 55.0 Å². The smallest absolute Gasteiger partial charge is 0.266 e. The Morgan fingerprint density at radius 1 is 1.23 bits per heavy atom. The van der Waals surface area contributed by atoms with E-state index in [-0.39, 0.29) is 23.9 Å². The third-order valence-corrected chi connectivity index (χ3v) is 6.67. The molecule has 1 aromatic carbocycles. The predicted molar refractivity (Wildman–Crippen MR) is 123 cm³/mol. The molecule has 0 fully saturated rings. The maximum atomic E-state index is 13.0. The number of aryl methyl sites for hydroxylation is 2. The molecule has 3 rings (SSSR count). The number of carbonyl (C=O) groups is 2. The number of rotatable bonds is 6. The van der Waals surface area contributed by atoms with Gasteiger partial charge in [-0.1, -0.05) is 15.9 Å². The van der Waals surface area contributed by atoms with Crippen molar-refractivity contribution in [1.29, 1.82) is 0 Å². The van der Waals surface area contributed by atoms with Crippen LogP contribution in [0, 0.1) is 13.8 Å². The minimum Gasteiger partial charge on any atom is -0.342 e. The number of aromatic nitrogens is 2. The standard InChI is InChI=1S/C21H23BrN4O3S/c1-5-25(6-2)16(27)10-26-11-23-20-17(21(26)29)13(4)18(30-20)19(28)24-15-8-7-14(22)9-12(15)3/h7-9,11H,5-6,10H2,1-4H3,(H,24,28). The molecule has 2 aromatic heterocycles. The molecule has 0 spiro atoms. The van der Waals surface area contributed by atoms with E-state index in [1.54, 1.807) is 11.8 Å². The third-order valence-electron chi connectivity index (χ3n) is 4.98. The molecule has 7 nitrogen and oxygen atoms in total. The molecule has 0 saturated heterocycles. The number of nitrogens with one attached hydrogen (secondary N) is 1. The summed E-state index contributed by atoms with van der Waals surface area (Å²) >= 11 is 4.59. The topological polar surface area (TPSA) is 84.3 Å². The van der Waals surface area contributed by atoms with Crippen LogP contribution in [0.2, 0.25) is 0 Å². The Balaban J connectivity index is 1.94. The van der Waals surface area contributed by atoms with Crippen molar-refractivity contribution in [1.82, 2.24) is 14.5 Å². The van der Waals surface area contributed by atoms with Crippen LogP contribution in [0.15, 0.2) is 33.8 Å². The van der Waals surface area contributed by atoms with Crippen molar-refractivity contribution < 1.29 is 9.59 Å². The highest BCUT2D eigenvalue weighted by atomic mass is 79.9. The van der Waals surface area contributed by atoms with Gasteiger partial charge in [-0.15, -0.1) is 11.3 Å². The second kappa shape index (κ2) is 9.09. The van der Waals surface area contributed by atoms with Gasteiger partial charge in [-0.2, -0.15) is 0 Å². The average Bonchev–Trinajstić information content (AvgIpc) is 3.04. The van der Waals surface area contributed by atoms with E-state index in [1.807, 2.05) is 39.0 Å². The molecule has 30 heavy (non-hydrogen) atoms. The third kappa shape index (κ3) is 4.32. The molecule has 2 heterocycles. The highest BCUT2D eigenvalue weighted by Gasteiger charge is 2.21. The number of anilines is 1.